The first kappa shape index (κ1) is 11.8. The Bertz CT molecular complexity index is 498. The summed E-state index contributed by atoms with van der Waals surface area (Å²) in [4.78, 5) is 0. The van der Waals surface area contributed by atoms with E-state index in [-0.39, 0.29) is 0 Å². The maximum absolute atomic E-state index is 12.2. The largest absolute Gasteiger partial charge is 0.275 e. The molecule has 0 unspecified atom stereocenters. The van der Waals surface area contributed by atoms with Crippen LogP contribution in [0.5, 0.6) is 0 Å². The lowest BCUT2D eigenvalue weighted by molar-refractivity contribution is 0.427. The van der Waals surface area contributed by atoms with Gasteiger partial charge >= 0.3 is 0 Å². The Kier molecular flexibility index (Phi) is 3.26. The lowest BCUT2D eigenvalue weighted by Crippen LogP contribution is -1.98. The molecule has 4 nitrogen and oxygen atoms in total. The van der Waals surface area contributed by atoms with Gasteiger partial charge in [-0.3, -0.25) is 9.36 Å². The SMILES string of the molecule is CC(C)c1nn(C)cc1-c1cnn(CCF)c1. The molecule has 0 aromatic carbocycles. The van der Waals surface area contributed by atoms with E-state index in [1.165, 1.54) is 0 Å². The molecule has 0 spiro atoms. The Morgan fingerprint density at radius 3 is 2.76 bits per heavy atom. The van der Waals surface area contributed by atoms with Gasteiger partial charge in [-0.2, -0.15) is 10.2 Å². The van der Waals surface area contributed by atoms with Crippen molar-refractivity contribution < 1.29 is 4.39 Å². The molecular weight excluding hydrogens is 219 g/mol. The van der Waals surface area contributed by atoms with E-state index in [0.717, 1.165) is 16.8 Å². The summed E-state index contributed by atoms with van der Waals surface area (Å²) in [6, 6.07) is 0. The van der Waals surface area contributed by atoms with Crippen LogP contribution in [0.15, 0.2) is 18.6 Å². The van der Waals surface area contributed by atoms with Crippen LogP contribution in [0.4, 0.5) is 4.39 Å². The van der Waals surface area contributed by atoms with Crippen LogP contribution in [-0.2, 0) is 13.6 Å². The first-order chi connectivity index (χ1) is 8.11. The Morgan fingerprint density at radius 1 is 1.35 bits per heavy atom. The molecule has 0 amide bonds. The van der Waals surface area contributed by atoms with Crippen molar-refractivity contribution in [3.63, 3.8) is 0 Å². The fourth-order valence-electron chi connectivity index (χ4n) is 1.87. The third kappa shape index (κ3) is 2.38. The topological polar surface area (TPSA) is 35.6 Å². The number of rotatable bonds is 4. The first-order valence-electron chi connectivity index (χ1n) is 5.74. The fraction of sp³-hybridized carbons (Fsp3) is 0.500. The second-order valence-electron chi connectivity index (χ2n) is 4.44. The number of aryl methyl sites for hydroxylation is 2. The summed E-state index contributed by atoms with van der Waals surface area (Å²) in [6.07, 6.45) is 5.60. The van der Waals surface area contributed by atoms with Crippen molar-refractivity contribution in [2.75, 3.05) is 6.67 Å². The summed E-state index contributed by atoms with van der Waals surface area (Å²) in [5.41, 5.74) is 3.12. The van der Waals surface area contributed by atoms with Crippen LogP contribution in [-0.4, -0.2) is 26.2 Å². The van der Waals surface area contributed by atoms with E-state index in [4.69, 9.17) is 0 Å². The Hall–Kier alpha value is -1.65. The van der Waals surface area contributed by atoms with Crippen LogP contribution in [0.3, 0.4) is 0 Å². The molecule has 0 aliphatic rings. The van der Waals surface area contributed by atoms with Crippen molar-refractivity contribution in [3.05, 3.63) is 24.3 Å². The minimum atomic E-state index is -0.398. The number of hydrogen-bond acceptors (Lipinski definition) is 2. The van der Waals surface area contributed by atoms with E-state index in [9.17, 15) is 4.39 Å². The number of aromatic nitrogens is 4. The van der Waals surface area contributed by atoms with Gasteiger partial charge in [0.15, 0.2) is 0 Å². The Labute approximate surface area is 100 Å². The highest BCUT2D eigenvalue weighted by Crippen LogP contribution is 2.27. The zero-order valence-corrected chi connectivity index (χ0v) is 10.4. The molecule has 0 saturated heterocycles. The molecule has 0 bridgehead atoms. The average molecular weight is 236 g/mol. The molecule has 2 aromatic rings. The van der Waals surface area contributed by atoms with Crippen molar-refractivity contribution in [2.45, 2.75) is 26.3 Å². The predicted octanol–water partition coefficient (Wildman–Crippen LogP) is 2.38. The summed E-state index contributed by atoms with van der Waals surface area (Å²) < 4.78 is 15.6. The maximum atomic E-state index is 12.2. The average Bonchev–Trinajstić information content (AvgIpc) is 2.85. The van der Waals surface area contributed by atoms with Crippen LogP contribution >= 0.6 is 0 Å². The summed E-state index contributed by atoms with van der Waals surface area (Å²) in [7, 11) is 1.90. The van der Waals surface area contributed by atoms with E-state index < -0.39 is 6.67 Å². The van der Waals surface area contributed by atoms with Gasteiger partial charge in [0.1, 0.15) is 6.67 Å². The normalized spacial score (nSPS) is 11.4. The monoisotopic (exact) mass is 236 g/mol. The van der Waals surface area contributed by atoms with E-state index in [0.29, 0.717) is 12.5 Å². The van der Waals surface area contributed by atoms with E-state index >= 15 is 0 Å². The molecule has 92 valence electrons. The number of halogens is 1. The predicted molar refractivity (Wildman–Crippen MR) is 64.5 cm³/mol. The summed E-state index contributed by atoms with van der Waals surface area (Å²) in [5.74, 6) is 0.357. The second-order valence-corrected chi connectivity index (χ2v) is 4.44. The van der Waals surface area contributed by atoms with Crippen molar-refractivity contribution >= 4 is 0 Å². The Morgan fingerprint density at radius 2 is 2.12 bits per heavy atom. The lowest BCUT2D eigenvalue weighted by Gasteiger charge is -2.02. The van der Waals surface area contributed by atoms with Crippen molar-refractivity contribution in [1.29, 1.82) is 0 Å². The van der Waals surface area contributed by atoms with Crippen LogP contribution < -0.4 is 0 Å². The molecule has 2 aromatic heterocycles. The third-order valence-electron chi connectivity index (χ3n) is 2.66. The van der Waals surface area contributed by atoms with Gasteiger partial charge in [0.25, 0.3) is 0 Å². The van der Waals surface area contributed by atoms with Crippen molar-refractivity contribution in [3.8, 4) is 11.1 Å². The number of alkyl halides is 1. The summed E-state index contributed by atoms with van der Waals surface area (Å²) in [6.45, 7) is 4.12. The molecule has 0 saturated carbocycles. The van der Waals surface area contributed by atoms with Gasteiger partial charge in [-0.05, 0) is 5.92 Å². The smallest absolute Gasteiger partial charge is 0.109 e. The molecule has 0 N–H and O–H groups in total. The second kappa shape index (κ2) is 4.69. The highest BCUT2D eigenvalue weighted by Gasteiger charge is 2.14. The van der Waals surface area contributed by atoms with Gasteiger partial charge in [-0.1, -0.05) is 13.8 Å². The maximum Gasteiger partial charge on any atom is 0.109 e. The fourth-order valence-corrected chi connectivity index (χ4v) is 1.87. The summed E-state index contributed by atoms with van der Waals surface area (Å²) in [5, 5.41) is 8.58. The van der Waals surface area contributed by atoms with E-state index in [1.807, 2.05) is 19.4 Å². The quantitative estimate of drug-likeness (QED) is 0.817. The van der Waals surface area contributed by atoms with Gasteiger partial charge < -0.3 is 0 Å². The molecule has 2 heterocycles. The minimum Gasteiger partial charge on any atom is -0.275 e. The number of nitrogens with zero attached hydrogens (tertiary/aromatic N) is 4. The molecule has 17 heavy (non-hydrogen) atoms. The van der Waals surface area contributed by atoms with Gasteiger partial charge in [-0.25, -0.2) is 4.39 Å². The molecule has 2 rings (SSSR count). The first-order valence-corrected chi connectivity index (χ1v) is 5.74. The molecule has 5 heteroatoms. The standard InChI is InChI=1S/C12H17FN4/c1-9(2)12-11(8-16(3)15-12)10-6-14-17(7-10)5-4-13/h6-9H,4-5H2,1-3H3. The zero-order valence-electron chi connectivity index (χ0n) is 10.4. The van der Waals surface area contributed by atoms with Gasteiger partial charge in [0, 0.05) is 30.6 Å². The highest BCUT2D eigenvalue weighted by atomic mass is 19.1. The zero-order chi connectivity index (χ0) is 12.4. The van der Waals surface area contributed by atoms with Gasteiger partial charge in [0.2, 0.25) is 0 Å². The third-order valence-corrected chi connectivity index (χ3v) is 2.66. The molecule has 0 aliphatic heterocycles. The van der Waals surface area contributed by atoms with Gasteiger partial charge in [0.05, 0.1) is 18.4 Å². The number of hydrogen-bond donors (Lipinski definition) is 0. The molecule has 0 radical (unpaired) electrons. The van der Waals surface area contributed by atoms with Crippen LogP contribution in [0.2, 0.25) is 0 Å². The van der Waals surface area contributed by atoms with Crippen molar-refractivity contribution in [2.24, 2.45) is 7.05 Å². The minimum absolute atomic E-state index is 0.303. The Balaban J connectivity index is 2.37. The van der Waals surface area contributed by atoms with Crippen LogP contribution in [0, 0.1) is 0 Å². The molecule has 0 aliphatic carbocycles. The summed E-state index contributed by atoms with van der Waals surface area (Å²) >= 11 is 0. The van der Waals surface area contributed by atoms with Crippen LogP contribution in [0.25, 0.3) is 11.1 Å². The van der Waals surface area contributed by atoms with E-state index in [1.54, 1.807) is 15.6 Å². The molecule has 0 atom stereocenters. The molecule has 0 fully saturated rings. The lowest BCUT2D eigenvalue weighted by atomic mass is 10.0. The van der Waals surface area contributed by atoms with Gasteiger partial charge in [-0.15, -0.1) is 0 Å². The highest BCUT2D eigenvalue weighted by molar-refractivity contribution is 5.64. The van der Waals surface area contributed by atoms with E-state index in [2.05, 4.69) is 24.0 Å². The van der Waals surface area contributed by atoms with Crippen molar-refractivity contribution in [1.82, 2.24) is 19.6 Å². The van der Waals surface area contributed by atoms with Crippen LogP contribution in [0.1, 0.15) is 25.5 Å². The molecular formula is C12H17FN4.